The van der Waals surface area contributed by atoms with E-state index in [0.29, 0.717) is 27.3 Å². The Morgan fingerprint density at radius 3 is 3.05 bits per heavy atom. The summed E-state index contributed by atoms with van der Waals surface area (Å²) in [7, 11) is 0. The van der Waals surface area contributed by atoms with Gasteiger partial charge in [0.15, 0.2) is 0 Å². The van der Waals surface area contributed by atoms with E-state index in [1.54, 1.807) is 10.9 Å². The zero-order valence-electron chi connectivity index (χ0n) is 12.1. The zero-order chi connectivity index (χ0) is 15.7. The molecule has 0 spiro atoms. The normalized spacial score (nSPS) is 13.5. The number of anilines is 1. The molecule has 7 heteroatoms. The number of nitrogens with zero attached hydrogens (tertiary/aromatic N) is 3. The van der Waals surface area contributed by atoms with E-state index in [1.807, 2.05) is 6.92 Å². The Balaban J connectivity index is 1.93. The first-order valence-electron chi connectivity index (χ1n) is 7.23. The predicted molar refractivity (Wildman–Crippen MR) is 89.2 cm³/mol. The minimum Gasteiger partial charge on any atom is -0.311 e. The molecule has 1 N–H and O–H groups in total. The molecular formula is C15H15BrN4OS. The van der Waals surface area contributed by atoms with Gasteiger partial charge in [0.2, 0.25) is 0 Å². The molecule has 1 amide bonds. The molecule has 0 aromatic carbocycles. The number of nitriles is 1. The summed E-state index contributed by atoms with van der Waals surface area (Å²) in [4.78, 5) is 13.8. The van der Waals surface area contributed by atoms with Gasteiger partial charge in [0.05, 0.1) is 16.2 Å². The van der Waals surface area contributed by atoms with Gasteiger partial charge in [-0.1, -0.05) is 0 Å². The number of hydrogen-bond donors (Lipinski definition) is 1. The number of halogens is 1. The van der Waals surface area contributed by atoms with Gasteiger partial charge in [-0.3, -0.25) is 9.48 Å². The van der Waals surface area contributed by atoms with Crippen molar-refractivity contribution in [3.63, 3.8) is 0 Å². The van der Waals surface area contributed by atoms with Crippen LogP contribution in [0.2, 0.25) is 0 Å². The predicted octanol–water partition coefficient (Wildman–Crippen LogP) is 3.73. The van der Waals surface area contributed by atoms with Crippen molar-refractivity contribution in [2.45, 2.75) is 39.2 Å². The van der Waals surface area contributed by atoms with Crippen molar-refractivity contribution < 1.29 is 4.79 Å². The molecule has 2 aromatic heterocycles. The van der Waals surface area contributed by atoms with Gasteiger partial charge >= 0.3 is 0 Å². The van der Waals surface area contributed by atoms with Crippen LogP contribution in [0.3, 0.4) is 0 Å². The first-order chi connectivity index (χ1) is 10.7. The van der Waals surface area contributed by atoms with Crippen LogP contribution in [0, 0.1) is 11.3 Å². The fourth-order valence-electron chi connectivity index (χ4n) is 2.76. The average molecular weight is 379 g/mol. The lowest BCUT2D eigenvalue weighted by molar-refractivity contribution is 0.101. The summed E-state index contributed by atoms with van der Waals surface area (Å²) in [5.74, 6) is -0.235. The number of amides is 1. The molecule has 2 heterocycles. The minimum atomic E-state index is -0.235. The Morgan fingerprint density at radius 2 is 2.32 bits per heavy atom. The second kappa shape index (κ2) is 6.23. The minimum absolute atomic E-state index is 0.235. The first kappa shape index (κ1) is 15.3. The quantitative estimate of drug-likeness (QED) is 0.884. The van der Waals surface area contributed by atoms with E-state index in [-0.39, 0.29) is 5.91 Å². The van der Waals surface area contributed by atoms with Crippen LogP contribution in [0.1, 0.15) is 46.3 Å². The van der Waals surface area contributed by atoms with Crippen LogP contribution in [-0.4, -0.2) is 15.7 Å². The van der Waals surface area contributed by atoms with Gasteiger partial charge in [0.1, 0.15) is 16.8 Å². The topological polar surface area (TPSA) is 70.7 Å². The molecule has 0 saturated heterocycles. The molecule has 1 aliphatic carbocycles. The number of thiophene rings is 1. The van der Waals surface area contributed by atoms with Crippen LogP contribution >= 0.6 is 27.3 Å². The van der Waals surface area contributed by atoms with E-state index in [1.165, 1.54) is 16.2 Å². The molecule has 2 aromatic rings. The lowest BCUT2D eigenvalue weighted by Crippen LogP contribution is -2.18. The number of aryl methyl sites for hydroxylation is 2. The summed E-state index contributed by atoms with van der Waals surface area (Å²) in [6.07, 6.45) is 5.81. The van der Waals surface area contributed by atoms with E-state index in [4.69, 9.17) is 0 Å². The van der Waals surface area contributed by atoms with Crippen LogP contribution in [0.4, 0.5) is 5.00 Å². The number of carbonyl (C=O) groups is 1. The number of rotatable bonds is 3. The summed E-state index contributed by atoms with van der Waals surface area (Å²) in [6, 6.07) is 2.26. The summed E-state index contributed by atoms with van der Waals surface area (Å²) in [5, 5.41) is 17.2. The van der Waals surface area contributed by atoms with Crippen LogP contribution in [0.5, 0.6) is 0 Å². The van der Waals surface area contributed by atoms with Crippen molar-refractivity contribution in [1.82, 2.24) is 9.78 Å². The van der Waals surface area contributed by atoms with E-state index in [2.05, 4.69) is 32.4 Å². The lowest BCUT2D eigenvalue weighted by atomic mass is 9.96. The maximum atomic E-state index is 12.6. The second-order valence-electron chi connectivity index (χ2n) is 5.14. The van der Waals surface area contributed by atoms with Crippen LogP contribution < -0.4 is 5.32 Å². The van der Waals surface area contributed by atoms with Gasteiger partial charge in [-0.15, -0.1) is 11.3 Å². The molecule has 3 rings (SSSR count). The summed E-state index contributed by atoms with van der Waals surface area (Å²) >= 11 is 4.89. The van der Waals surface area contributed by atoms with E-state index >= 15 is 0 Å². The summed E-state index contributed by atoms with van der Waals surface area (Å²) in [5.41, 5.74) is 2.24. The smallest absolute Gasteiger partial charge is 0.275 e. The molecule has 1 aliphatic rings. The number of carbonyl (C=O) groups excluding carboxylic acids is 1. The highest BCUT2D eigenvalue weighted by Crippen LogP contribution is 2.37. The van der Waals surface area contributed by atoms with Crippen molar-refractivity contribution in [3.8, 4) is 6.07 Å². The van der Waals surface area contributed by atoms with Crippen molar-refractivity contribution >= 4 is 38.2 Å². The van der Waals surface area contributed by atoms with Crippen molar-refractivity contribution in [1.29, 1.82) is 5.26 Å². The van der Waals surface area contributed by atoms with Gasteiger partial charge in [0, 0.05) is 11.4 Å². The van der Waals surface area contributed by atoms with Crippen molar-refractivity contribution in [2.75, 3.05) is 5.32 Å². The third-order valence-corrected chi connectivity index (χ3v) is 5.61. The summed E-state index contributed by atoms with van der Waals surface area (Å²) < 4.78 is 2.30. The lowest BCUT2D eigenvalue weighted by Gasteiger charge is -2.09. The Kier molecular flexibility index (Phi) is 4.32. The SMILES string of the molecule is CCn1ncc(Br)c1C(=O)Nc1sc2c(c1C#N)CCCC2. The largest absolute Gasteiger partial charge is 0.311 e. The summed E-state index contributed by atoms with van der Waals surface area (Å²) in [6.45, 7) is 2.54. The Morgan fingerprint density at radius 1 is 1.55 bits per heavy atom. The van der Waals surface area contributed by atoms with E-state index < -0.39 is 0 Å². The molecule has 0 fully saturated rings. The number of fused-ring (bicyclic) bond motifs is 1. The molecule has 0 atom stereocenters. The van der Waals surface area contributed by atoms with Crippen molar-refractivity contribution in [2.24, 2.45) is 0 Å². The number of aromatic nitrogens is 2. The van der Waals surface area contributed by atoms with Gasteiger partial charge < -0.3 is 5.32 Å². The van der Waals surface area contributed by atoms with E-state index in [9.17, 15) is 10.1 Å². The van der Waals surface area contributed by atoms with Crippen molar-refractivity contribution in [3.05, 3.63) is 32.4 Å². The molecular weight excluding hydrogens is 364 g/mol. The molecule has 0 aliphatic heterocycles. The van der Waals surface area contributed by atoms with Crippen LogP contribution in [0.25, 0.3) is 0 Å². The third kappa shape index (κ3) is 2.57. The highest BCUT2D eigenvalue weighted by molar-refractivity contribution is 9.10. The molecule has 0 saturated carbocycles. The number of nitrogens with one attached hydrogen (secondary N) is 1. The highest BCUT2D eigenvalue weighted by Gasteiger charge is 2.24. The maximum absolute atomic E-state index is 12.6. The van der Waals surface area contributed by atoms with Gasteiger partial charge in [0.25, 0.3) is 5.91 Å². The van der Waals surface area contributed by atoms with Gasteiger partial charge in [-0.05, 0) is 54.1 Å². The average Bonchev–Trinajstić information content (AvgIpc) is 3.06. The Bertz CT molecular complexity index is 771. The molecule has 0 bridgehead atoms. The fraction of sp³-hybridized carbons (Fsp3) is 0.400. The number of hydrogen-bond acceptors (Lipinski definition) is 4. The van der Waals surface area contributed by atoms with Gasteiger partial charge in [-0.25, -0.2) is 0 Å². The molecule has 114 valence electrons. The van der Waals surface area contributed by atoms with Crippen LogP contribution in [0.15, 0.2) is 10.7 Å². The molecule has 5 nitrogen and oxygen atoms in total. The second-order valence-corrected chi connectivity index (χ2v) is 7.10. The Hall–Kier alpha value is -1.65. The molecule has 0 unspecified atom stereocenters. The molecule has 0 radical (unpaired) electrons. The van der Waals surface area contributed by atoms with E-state index in [0.717, 1.165) is 31.2 Å². The standard InChI is InChI=1S/C15H15BrN4OS/c1-2-20-13(11(16)8-18-20)14(21)19-15-10(7-17)9-5-3-4-6-12(9)22-15/h8H,2-6H2,1H3,(H,19,21). The first-order valence-corrected chi connectivity index (χ1v) is 8.84. The molecule has 22 heavy (non-hydrogen) atoms. The van der Waals surface area contributed by atoms with Crippen LogP contribution in [-0.2, 0) is 19.4 Å². The zero-order valence-corrected chi connectivity index (χ0v) is 14.6. The monoisotopic (exact) mass is 378 g/mol. The maximum Gasteiger partial charge on any atom is 0.275 e. The third-order valence-electron chi connectivity index (χ3n) is 3.82. The van der Waals surface area contributed by atoms with Gasteiger partial charge in [-0.2, -0.15) is 10.4 Å². The highest BCUT2D eigenvalue weighted by atomic mass is 79.9. The Labute approximate surface area is 141 Å². The fourth-order valence-corrected chi connectivity index (χ4v) is 4.47.